The summed E-state index contributed by atoms with van der Waals surface area (Å²) in [5.41, 5.74) is 20.9. The van der Waals surface area contributed by atoms with Gasteiger partial charge in [-0.05, 0) is 0 Å². The van der Waals surface area contributed by atoms with Crippen molar-refractivity contribution in [2.75, 3.05) is 0 Å². The molecule has 0 bridgehead atoms. The van der Waals surface area contributed by atoms with Crippen LogP contribution in [0.1, 0.15) is 114 Å². The minimum absolute atomic E-state index is 0. The van der Waals surface area contributed by atoms with E-state index in [9.17, 15) is 0 Å². The Morgan fingerprint density at radius 2 is 1.15 bits per heavy atom. The molecular formula is C44H50Cl2Zr. The quantitative estimate of drug-likeness (QED) is 0.217. The second kappa shape index (κ2) is 14.0. The summed E-state index contributed by atoms with van der Waals surface area (Å²) in [6, 6.07) is 28.2. The van der Waals surface area contributed by atoms with Crippen molar-refractivity contribution in [2.24, 2.45) is 5.92 Å². The first-order valence-corrected chi connectivity index (χ1v) is 19.6. The molecule has 0 heterocycles. The zero-order valence-electron chi connectivity index (χ0n) is 30.1. The SMILES string of the molecule is CC1=Cc2c(-c3ccc(C(C)(C)C)cc3)cc(C)c(C)c2[CH]1[Zr+2][CH]1C(C(C)C)=Cc2c(-c3ccc(C(C)(C)C)cc3)cccc21.[Cl-].[Cl-]. The van der Waals surface area contributed by atoms with Gasteiger partial charge in [0.15, 0.2) is 0 Å². The fraction of sp³-hybridized carbons (Fsp3) is 0.364. The maximum Gasteiger partial charge on any atom is -1.00 e. The zero-order chi connectivity index (χ0) is 32.4. The molecule has 0 saturated carbocycles. The molecule has 0 spiro atoms. The maximum absolute atomic E-state index is 2.58. The van der Waals surface area contributed by atoms with Crippen molar-refractivity contribution in [1.29, 1.82) is 0 Å². The van der Waals surface area contributed by atoms with Crippen LogP contribution in [0.25, 0.3) is 34.4 Å². The Labute approximate surface area is 309 Å². The van der Waals surface area contributed by atoms with E-state index in [0.717, 1.165) is 0 Å². The first-order valence-electron chi connectivity index (χ1n) is 16.8. The van der Waals surface area contributed by atoms with Crippen LogP contribution in [0.5, 0.6) is 0 Å². The summed E-state index contributed by atoms with van der Waals surface area (Å²) < 4.78 is 1.18. The second-order valence-electron chi connectivity index (χ2n) is 15.9. The van der Waals surface area contributed by atoms with Gasteiger partial charge in [0.2, 0.25) is 0 Å². The molecule has 47 heavy (non-hydrogen) atoms. The van der Waals surface area contributed by atoms with Crippen LogP contribution in [0, 0.1) is 19.8 Å². The van der Waals surface area contributed by atoms with Gasteiger partial charge in [0.05, 0.1) is 0 Å². The van der Waals surface area contributed by atoms with E-state index in [2.05, 4.69) is 161 Å². The summed E-state index contributed by atoms with van der Waals surface area (Å²) in [7, 11) is 0. The number of halogens is 2. The molecule has 3 heteroatoms. The molecule has 244 valence electrons. The van der Waals surface area contributed by atoms with Crippen LogP contribution in [0.15, 0.2) is 83.9 Å². The molecule has 4 aromatic carbocycles. The molecule has 2 atom stereocenters. The number of hydrogen-bond donors (Lipinski definition) is 0. The van der Waals surface area contributed by atoms with Gasteiger partial charge in [-0.15, -0.1) is 0 Å². The van der Waals surface area contributed by atoms with Crippen molar-refractivity contribution < 1.29 is 48.0 Å². The van der Waals surface area contributed by atoms with Gasteiger partial charge in [-0.25, -0.2) is 0 Å². The van der Waals surface area contributed by atoms with Crippen LogP contribution in [0.4, 0.5) is 0 Å². The van der Waals surface area contributed by atoms with Crippen LogP contribution < -0.4 is 24.8 Å². The molecule has 0 amide bonds. The third-order valence-electron chi connectivity index (χ3n) is 10.3. The number of rotatable bonds is 5. The van der Waals surface area contributed by atoms with Gasteiger partial charge < -0.3 is 24.8 Å². The van der Waals surface area contributed by atoms with Gasteiger partial charge in [0, 0.05) is 0 Å². The first-order chi connectivity index (χ1) is 21.1. The van der Waals surface area contributed by atoms with Crippen LogP contribution in [-0.4, -0.2) is 0 Å². The summed E-state index contributed by atoms with van der Waals surface area (Å²) in [5, 5.41) is 0. The van der Waals surface area contributed by atoms with Gasteiger partial charge in [-0.1, -0.05) is 0 Å². The van der Waals surface area contributed by atoms with Crippen molar-refractivity contribution in [3.05, 3.63) is 128 Å². The summed E-state index contributed by atoms with van der Waals surface area (Å²) in [6.07, 6.45) is 5.13. The minimum atomic E-state index is -0.993. The van der Waals surface area contributed by atoms with Crippen molar-refractivity contribution in [1.82, 2.24) is 0 Å². The molecule has 0 nitrogen and oxygen atoms in total. The van der Waals surface area contributed by atoms with Gasteiger partial charge in [0.25, 0.3) is 0 Å². The Bertz CT molecular complexity index is 1820. The van der Waals surface area contributed by atoms with Crippen molar-refractivity contribution in [3.63, 3.8) is 0 Å². The molecule has 4 aromatic rings. The van der Waals surface area contributed by atoms with Crippen molar-refractivity contribution in [3.8, 4) is 22.3 Å². The average molecular weight is 741 g/mol. The first kappa shape index (κ1) is 37.6. The third kappa shape index (κ3) is 7.11. The van der Waals surface area contributed by atoms with Gasteiger partial charge in [0.1, 0.15) is 0 Å². The fourth-order valence-electron chi connectivity index (χ4n) is 7.31. The van der Waals surface area contributed by atoms with Crippen LogP contribution in [0.2, 0.25) is 0 Å². The normalized spacial score (nSPS) is 16.9. The molecule has 0 aliphatic heterocycles. The minimum Gasteiger partial charge on any atom is -1.00 e. The molecule has 2 aliphatic rings. The fourth-order valence-corrected chi connectivity index (χ4v) is 12.9. The Morgan fingerprint density at radius 1 is 0.617 bits per heavy atom. The zero-order valence-corrected chi connectivity index (χ0v) is 34.0. The molecule has 6 rings (SSSR count). The monoisotopic (exact) mass is 738 g/mol. The average Bonchev–Trinajstić information content (AvgIpc) is 3.52. The Balaban J connectivity index is 0.00000250. The molecular weight excluding hydrogens is 691 g/mol. The predicted molar refractivity (Wildman–Crippen MR) is 193 cm³/mol. The predicted octanol–water partition coefficient (Wildman–Crippen LogP) is 6.58. The molecule has 0 N–H and O–H groups in total. The van der Waals surface area contributed by atoms with E-state index in [1.165, 1.54) is 55.6 Å². The van der Waals surface area contributed by atoms with E-state index in [0.29, 0.717) is 13.2 Å². The Morgan fingerprint density at radius 3 is 1.66 bits per heavy atom. The van der Waals surface area contributed by atoms with E-state index >= 15 is 0 Å². The molecule has 2 unspecified atom stereocenters. The maximum atomic E-state index is 2.58. The standard InChI is InChI=1S/2C22H25.2ClH.Zr/c1-14-11-19-16(3)15(2)13-20(21(19)12-14)17-7-9-18(10-8-17)22(4,5)6;1-15(2)18-13-17-7-6-8-20(21(17)14-18)16-9-11-19(12-10-16)22(3,4)5;;;/h7-13H,1-6H3;6-15H,1-5H3;2*1H;/q;;;;+2/p-2. The summed E-state index contributed by atoms with van der Waals surface area (Å²) in [4.78, 5) is 0. The third-order valence-corrected chi connectivity index (χ3v) is 15.3. The number of aryl methyl sites for hydroxylation is 1. The van der Waals surface area contributed by atoms with Crippen LogP contribution in [0.3, 0.4) is 0 Å². The summed E-state index contributed by atoms with van der Waals surface area (Å²) >= 11 is -0.993. The molecule has 0 saturated heterocycles. The van der Waals surface area contributed by atoms with Gasteiger partial charge in [-0.3, -0.25) is 0 Å². The smallest absolute Gasteiger partial charge is 1.00 e. The number of hydrogen-bond acceptors (Lipinski definition) is 0. The molecule has 0 radical (unpaired) electrons. The number of benzene rings is 4. The molecule has 0 aromatic heterocycles. The van der Waals surface area contributed by atoms with Crippen molar-refractivity contribution >= 4 is 12.2 Å². The topological polar surface area (TPSA) is 0 Å². The number of allylic oxidation sites excluding steroid dienone is 2. The molecule has 0 fully saturated rings. The van der Waals surface area contributed by atoms with E-state index < -0.39 is 23.2 Å². The van der Waals surface area contributed by atoms with E-state index in [1.54, 1.807) is 22.3 Å². The van der Waals surface area contributed by atoms with Crippen LogP contribution in [-0.2, 0) is 34.1 Å². The summed E-state index contributed by atoms with van der Waals surface area (Å²) in [5.74, 6) is 0.542. The molecule has 2 aliphatic carbocycles. The second-order valence-corrected chi connectivity index (χ2v) is 19.5. The Hall–Kier alpha value is -2.18. The van der Waals surface area contributed by atoms with E-state index in [-0.39, 0.29) is 35.6 Å². The van der Waals surface area contributed by atoms with E-state index in [4.69, 9.17) is 0 Å². The Kier molecular flexibility index (Phi) is 11.2. The van der Waals surface area contributed by atoms with Gasteiger partial charge in [-0.2, -0.15) is 0 Å². The largest absolute Gasteiger partial charge is 1.00 e. The summed E-state index contributed by atoms with van der Waals surface area (Å²) in [6.45, 7) is 25.7. The number of fused-ring (bicyclic) bond motifs is 2. The van der Waals surface area contributed by atoms with Crippen LogP contribution >= 0.6 is 0 Å². The van der Waals surface area contributed by atoms with Crippen molar-refractivity contribution in [2.45, 2.75) is 94.2 Å². The van der Waals surface area contributed by atoms with E-state index in [1.807, 2.05) is 0 Å². The van der Waals surface area contributed by atoms with Gasteiger partial charge >= 0.3 is 286 Å².